The second-order valence-electron chi connectivity index (χ2n) is 5.57. The maximum absolute atomic E-state index is 6.01. The summed E-state index contributed by atoms with van der Waals surface area (Å²) in [5.41, 5.74) is 2.41. The third kappa shape index (κ3) is 4.70. The smallest absolute Gasteiger partial charge is 0.123 e. The average molecular weight is 293 g/mol. The zero-order valence-corrected chi connectivity index (χ0v) is 13.4. The SMILES string of the molecule is CCCNC(COC1CCOC1)c1cc(C)ccc1OC. The first-order valence-electron chi connectivity index (χ1n) is 7.81. The Bertz CT molecular complexity index is 430. The van der Waals surface area contributed by atoms with Gasteiger partial charge >= 0.3 is 0 Å². The van der Waals surface area contributed by atoms with Gasteiger partial charge in [-0.15, -0.1) is 0 Å². The van der Waals surface area contributed by atoms with Gasteiger partial charge in [0, 0.05) is 12.2 Å². The van der Waals surface area contributed by atoms with Gasteiger partial charge in [0.05, 0.1) is 32.5 Å². The molecular formula is C17H27NO3. The molecular weight excluding hydrogens is 266 g/mol. The summed E-state index contributed by atoms with van der Waals surface area (Å²) in [6.07, 6.45) is 2.31. The summed E-state index contributed by atoms with van der Waals surface area (Å²) >= 11 is 0. The summed E-state index contributed by atoms with van der Waals surface area (Å²) < 4.78 is 16.9. The van der Waals surface area contributed by atoms with Crippen molar-refractivity contribution in [3.63, 3.8) is 0 Å². The first-order chi connectivity index (χ1) is 10.2. The molecule has 1 aromatic carbocycles. The van der Waals surface area contributed by atoms with Crippen LogP contribution >= 0.6 is 0 Å². The van der Waals surface area contributed by atoms with E-state index in [9.17, 15) is 0 Å². The van der Waals surface area contributed by atoms with Crippen LogP contribution < -0.4 is 10.1 Å². The lowest BCUT2D eigenvalue weighted by atomic mass is 10.0. The Hall–Kier alpha value is -1.10. The Balaban J connectivity index is 2.08. The van der Waals surface area contributed by atoms with Crippen molar-refractivity contribution in [2.45, 2.75) is 38.8 Å². The number of methoxy groups -OCH3 is 1. The standard InChI is InChI=1S/C17H27NO3/c1-4-8-18-16(12-21-14-7-9-20-11-14)15-10-13(2)5-6-17(15)19-3/h5-6,10,14,16,18H,4,7-9,11-12H2,1-3H3. The Morgan fingerprint density at radius 1 is 1.43 bits per heavy atom. The van der Waals surface area contributed by atoms with Gasteiger partial charge in [0.15, 0.2) is 0 Å². The highest BCUT2D eigenvalue weighted by molar-refractivity contribution is 5.39. The molecule has 1 heterocycles. The van der Waals surface area contributed by atoms with Gasteiger partial charge in [-0.1, -0.05) is 24.6 Å². The van der Waals surface area contributed by atoms with Crippen LogP contribution in [0.1, 0.15) is 36.9 Å². The van der Waals surface area contributed by atoms with Crippen LogP contribution in [-0.4, -0.2) is 39.6 Å². The van der Waals surface area contributed by atoms with Crippen LogP contribution in [0, 0.1) is 6.92 Å². The molecule has 21 heavy (non-hydrogen) atoms. The van der Waals surface area contributed by atoms with Gasteiger partial charge in [-0.05, 0) is 32.4 Å². The molecule has 1 aliphatic heterocycles. The summed E-state index contributed by atoms with van der Waals surface area (Å²) in [6, 6.07) is 6.44. The monoisotopic (exact) mass is 293 g/mol. The first kappa shape index (κ1) is 16.3. The Kier molecular flexibility index (Phi) is 6.49. The Morgan fingerprint density at radius 3 is 2.95 bits per heavy atom. The molecule has 1 fully saturated rings. The normalized spacial score (nSPS) is 19.7. The molecule has 0 bridgehead atoms. The zero-order valence-electron chi connectivity index (χ0n) is 13.4. The molecule has 2 unspecified atom stereocenters. The predicted molar refractivity (Wildman–Crippen MR) is 83.9 cm³/mol. The molecule has 0 saturated carbocycles. The summed E-state index contributed by atoms with van der Waals surface area (Å²) in [7, 11) is 1.72. The molecule has 0 spiro atoms. The highest BCUT2D eigenvalue weighted by Gasteiger charge is 2.21. The van der Waals surface area contributed by atoms with Crippen molar-refractivity contribution in [1.82, 2.24) is 5.32 Å². The van der Waals surface area contributed by atoms with Crippen LogP contribution in [-0.2, 0) is 9.47 Å². The fourth-order valence-electron chi connectivity index (χ4n) is 2.58. The topological polar surface area (TPSA) is 39.7 Å². The van der Waals surface area contributed by atoms with Gasteiger partial charge in [-0.3, -0.25) is 0 Å². The van der Waals surface area contributed by atoms with Crippen molar-refractivity contribution >= 4 is 0 Å². The lowest BCUT2D eigenvalue weighted by Gasteiger charge is -2.23. The molecule has 1 N–H and O–H groups in total. The second-order valence-corrected chi connectivity index (χ2v) is 5.57. The van der Waals surface area contributed by atoms with Crippen molar-refractivity contribution < 1.29 is 14.2 Å². The van der Waals surface area contributed by atoms with Gasteiger partial charge in [0.2, 0.25) is 0 Å². The highest BCUT2D eigenvalue weighted by atomic mass is 16.5. The van der Waals surface area contributed by atoms with E-state index in [2.05, 4.69) is 31.3 Å². The van der Waals surface area contributed by atoms with Crippen LogP contribution in [0.3, 0.4) is 0 Å². The van der Waals surface area contributed by atoms with Gasteiger partial charge < -0.3 is 19.5 Å². The second kappa shape index (κ2) is 8.37. The highest BCUT2D eigenvalue weighted by Crippen LogP contribution is 2.27. The molecule has 4 nitrogen and oxygen atoms in total. The number of ether oxygens (including phenoxy) is 3. The molecule has 0 aliphatic carbocycles. The molecule has 0 radical (unpaired) electrons. The van der Waals surface area contributed by atoms with E-state index in [1.54, 1.807) is 7.11 Å². The van der Waals surface area contributed by atoms with Crippen LogP contribution in [0.5, 0.6) is 5.75 Å². The lowest BCUT2D eigenvalue weighted by molar-refractivity contribution is 0.0294. The third-order valence-electron chi connectivity index (χ3n) is 3.79. The van der Waals surface area contributed by atoms with E-state index >= 15 is 0 Å². The molecule has 1 saturated heterocycles. The number of nitrogens with one attached hydrogen (secondary N) is 1. The van der Waals surface area contributed by atoms with E-state index in [-0.39, 0.29) is 12.1 Å². The number of benzene rings is 1. The fourth-order valence-corrected chi connectivity index (χ4v) is 2.58. The number of hydrogen-bond donors (Lipinski definition) is 1. The number of rotatable bonds is 8. The van der Waals surface area contributed by atoms with E-state index in [4.69, 9.17) is 14.2 Å². The number of hydrogen-bond acceptors (Lipinski definition) is 4. The van der Waals surface area contributed by atoms with Crippen molar-refractivity contribution in [1.29, 1.82) is 0 Å². The van der Waals surface area contributed by atoms with Crippen molar-refractivity contribution in [3.8, 4) is 5.75 Å². The number of aryl methyl sites for hydroxylation is 1. The maximum Gasteiger partial charge on any atom is 0.123 e. The van der Waals surface area contributed by atoms with E-state index in [0.717, 1.165) is 31.7 Å². The van der Waals surface area contributed by atoms with Gasteiger partial charge in [0.25, 0.3) is 0 Å². The predicted octanol–water partition coefficient (Wildman–Crippen LogP) is 2.85. The summed E-state index contributed by atoms with van der Waals surface area (Å²) in [4.78, 5) is 0. The van der Waals surface area contributed by atoms with Gasteiger partial charge in [-0.25, -0.2) is 0 Å². The Labute approximate surface area is 127 Å². The molecule has 2 atom stereocenters. The minimum absolute atomic E-state index is 0.153. The summed E-state index contributed by atoms with van der Waals surface area (Å²) in [5.74, 6) is 0.917. The van der Waals surface area contributed by atoms with E-state index in [0.29, 0.717) is 13.2 Å². The van der Waals surface area contributed by atoms with Gasteiger partial charge in [-0.2, -0.15) is 0 Å². The van der Waals surface area contributed by atoms with E-state index < -0.39 is 0 Å². The van der Waals surface area contributed by atoms with Crippen LogP contribution in [0.15, 0.2) is 18.2 Å². The fraction of sp³-hybridized carbons (Fsp3) is 0.647. The summed E-state index contributed by atoms with van der Waals surface area (Å²) in [6.45, 7) is 7.41. The van der Waals surface area contributed by atoms with E-state index in [1.165, 1.54) is 11.1 Å². The maximum atomic E-state index is 6.01. The molecule has 1 aromatic rings. The van der Waals surface area contributed by atoms with Crippen LogP contribution in [0.2, 0.25) is 0 Å². The third-order valence-corrected chi connectivity index (χ3v) is 3.79. The molecule has 0 aromatic heterocycles. The molecule has 4 heteroatoms. The quantitative estimate of drug-likeness (QED) is 0.800. The van der Waals surface area contributed by atoms with E-state index in [1.807, 2.05) is 6.07 Å². The molecule has 2 rings (SSSR count). The van der Waals surface area contributed by atoms with Crippen molar-refractivity contribution in [2.24, 2.45) is 0 Å². The van der Waals surface area contributed by atoms with Crippen molar-refractivity contribution in [2.75, 3.05) is 33.5 Å². The summed E-state index contributed by atoms with van der Waals surface area (Å²) in [5, 5.41) is 3.57. The Morgan fingerprint density at radius 2 is 2.29 bits per heavy atom. The first-order valence-corrected chi connectivity index (χ1v) is 7.81. The van der Waals surface area contributed by atoms with Crippen molar-refractivity contribution in [3.05, 3.63) is 29.3 Å². The molecule has 1 aliphatic rings. The average Bonchev–Trinajstić information content (AvgIpc) is 3.01. The minimum Gasteiger partial charge on any atom is -0.496 e. The molecule has 0 amide bonds. The largest absolute Gasteiger partial charge is 0.496 e. The van der Waals surface area contributed by atoms with Crippen LogP contribution in [0.4, 0.5) is 0 Å². The lowest BCUT2D eigenvalue weighted by Crippen LogP contribution is -2.29. The van der Waals surface area contributed by atoms with Gasteiger partial charge in [0.1, 0.15) is 5.75 Å². The van der Waals surface area contributed by atoms with Crippen LogP contribution in [0.25, 0.3) is 0 Å². The molecule has 118 valence electrons. The minimum atomic E-state index is 0.153. The zero-order chi connectivity index (χ0) is 15.1.